The average molecular weight is 447 g/mol. The van der Waals surface area contributed by atoms with Crippen molar-refractivity contribution >= 4 is 23.2 Å². The molecule has 0 aliphatic carbocycles. The molecular formula is C24H22Cl2F2N2. The van der Waals surface area contributed by atoms with Crippen molar-refractivity contribution in [2.24, 2.45) is 0 Å². The molecule has 0 saturated carbocycles. The summed E-state index contributed by atoms with van der Waals surface area (Å²) in [6, 6.07) is 19.0. The maximum atomic E-state index is 14.4. The predicted octanol–water partition coefficient (Wildman–Crippen LogP) is 6.68. The van der Waals surface area contributed by atoms with Crippen LogP contribution >= 0.6 is 23.2 Å². The molecule has 0 N–H and O–H groups in total. The van der Waals surface area contributed by atoms with Gasteiger partial charge in [-0.2, -0.15) is 0 Å². The van der Waals surface area contributed by atoms with Crippen molar-refractivity contribution in [1.29, 1.82) is 0 Å². The second kappa shape index (κ2) is 9.44. The Kier molecular flexibility index (Phi) is 6.69. The summed E-state index contributed by atoms with van der Waals surface area (Å²) < 4.78 is 28.1. The van der Waals surface area contributed by atoms with Crippen LogP contribution in [-0.2, 0) is 13.1 Å². The highest BCUT2D eigenvalue weighted by molar-refractivity contribution is 6.31. The van der Waals surface area contributed by atoms with Gasteiger partial charge < -0.3 is 0 Å². The molecule has 3 aromatic rings. The molecule has 1 saturated heterocycles. The molecule has 0 amide bonds. The Bertz CT molecular complexity index is 972. The molecule has 1 aliphatic heterocycles. The third-order valence-corrected chi connectivity index (χ3v) is 6.18. The molecule has 0 radical (unpaired) electrons. The molecule has 1 aliphatic rings. The highest BCUT2D eigenvalue weighted by Gasteiger charge is 2.33. The maximum Gasteiger partial charge on any atom is 0.127 e. The molecule has 0 unspecified atom stereocenters. The van der Waals surface area contributed by atoms with E-state index in [0.29, 0.717) is 28.7 Å². The molecule has 0 spiro atoms. The lowest BCUT2D eigenvalue weighted by Crippen LogP contribution is -2.47. The van der Waals surface area contributed by atoms with Crippen LogP contribution in [0.3, 0.4) is 0 Å². The van der Waals surface area contributed by atoms with Crippen molar-refractivity contribution in [1.82, 2.24) is 9.80 Å². The second-order valence-corrected chi connectivity index (χ2v) is 8.33. The van der Waals surface area contributed by atoms with E-state index in [9.17, 15) is 8.78 Å². The van der Waals surface area contributed by atoms with Gasteiger partial charge in [0.1, 0.15) is 11.6 Å². The predicted molar refractivity (Wildman–Crippen MR) is 117 cm³/mol. The van der Waals surface area contributed by atoms with Crippen LogP contribution in [0.15, 0.2) is 66.7 Å². The van der Waals surface area contributed by atoms with Crippen LogP contribution in [0.5, 0.6) is 0 Å². The van der Waals surface area contributed by atoms with E-state index in [4.69, 9.17) is 23.2 Å². The van der Waals surface area contributed by atoms with Gasteiger partial charge in [0.15, 0.2) is 0 Å². The molecule has 3 aromatic carbocycles. The smallest absolute Gasteiger partial charge is 0.127 e. The number of halogens is 4. The van der Waals surface area contributed by atoms with Crippen LogP contribution < -0.4 is 0 Å². The van der Waals surface area contributed by atoms with Gasteiger partial charge in [0.05, 0.1) is 6.17 Å². The van der Waals surface area contributed by atoms with Crippen LogP contribution in [0.2, 0.25) is 10.0 Å². The van der Waals surface area contributed by atoms with Crippen LogP contribution in [0, 0.1) is 11.6 Å². The lowest BCUT2D eigenvalue weighted by molar-refractivity contribution is -0.00960. The van der Waals surface area contributed by atoms with Crippen molar-refractivity contribution in [3.63, 3.8) is 0 Å². The second-order valence-electron chi connectivity index (χ2n) is 7.52. The van der Waals surface area contributed by atoms with Gasteiger partial charge >= 0.3 is 0 Å². The van der Waals surface area contributed by atoms with E-state index in [1.54, 1.807) is 18.2 Å². The van der Waals surface area contributed by atoms with E-state index in [2.05, 4.69) is 9.80 Å². The molecule has 30 heavy (non-hydrogen) atoms. The molecule has 1 atom stereocenters. The summed E-state index contributed by atoms with van der Waals surface area (Å²) in [4.78, 5) is 4.46. The van der Waals surface area contributed by atoms with E-state index in [0.717, 1.165) is 30.6 Å². The Morgan fingerprint density at radius 2 is 1.40 bits per heavy atom. The molecule has 0 aromatic heterocycles. The monoisotopic (exact) mass is 446 g/mol. The van der Waals surface area contributed by atoms with E-state index < -0.39 is 0 Å². The number of hydrogen-bond acceptors (Lipinski definition) is 2. The highest BCUT2D eigenvalue weighted by atomic mass is 35.5. The highest BCUT2D eigenvalue weighted by Crippen LogP contribution is 2.36. The minimum absolute atomic E-state index is 0.220. The molecule has 4 rings (SSSR count). The average Bonchev–Trinajstić information content (AvgIpc) is 2.72. The summed E-state index contributed by atoms with van der Waals surface area (Å²) in [7, 11) is 0. The summed E-state index contributed by atoms with van der Waals surface area (Å²) in [5.74, 6) is -0.609. The molecule has 1 fully saturated rings. The van der Waals surface area contributed by atoms with Crippen molar-refractivity contribution in [3.05, 3.63) is 105 Å². The number of benzene rings is 3. The Hall–Kier alpha value is -1.98. The third-order valence-electron chi connectivity index (χ3n) is 5.49. The minimum atomic E-state index is -0.377. The van der Waals surface area contributed by atoms with Gasteiger partial charge in [-0.05, 0) is 36.2 Å². The standard InChI is InChI=1S/C24H22Cl2F2N2/c25-21-8-3-1-6-17(21)15-29-12-5-13-30(16-18-7-2-4-9-23(18)28)24(29)20-11-10-19(27)14-22(20)26/h1-4,6-11,14,24H,5,12-13,15-16H2/t24-/m0/s1. The first-order chi connectivity index (χ1) is 14.5. The fourth-order valence-electron chi connectivity index (χ4n) is 4.08. The summed E-state index contributed by atoms with van der Waals surface area (Å²) in [5, 5.41) is 1.07. The molecule has 156 valence electrons. The Morgan fingerprint density at radius 3 is 2.07 bits per heavy atom. The SMILES string of the molecule is Fc1ccc([C@@H]2N(Cc3ccccc3F)CCCN2Cc2ccccc2Cl)c(Cl)c1. The topological polar surface area (TPSA) is 6.48 Å². The molecule has 2 nitrogen and oxygen atoms in total. The van der Waals surface area contributed by atoms with Gasteiger partial charge in [-0.1, -0.05) is 65.7 Å². The van der Waals surface area contributed by atoms with E-state index in [1.165, 1.54) is 18.2 Å². The minimum Gasteiger partial charge on any atom is -0.280 e. The van der Waals surface area contributed by atoms with Gasteiger partial charge in [-0.3, -0.25) is 9.80 Å². The van der Waals surface area contributed by atoms with Gasteiger partial charge in [0, 0.05) is 47.4 Å². The van der Waals surface area contributed by atoms with E-state index >= 15 is 0 Å². The fourth-order valence-corrected chi connectivity index (χ4v) is 4.54. The van der Waals surface area contributed by atoms with Crippen molar-refractivity contribution in [2.45, 2.75) is 25.7 Å². The largest absolute Gasteiger partial charge is 0.280 e. The van der Waals surface area contributed by atoms with E-state index in [1.807, 2.05) is 30.3 Å². The third kappa shape index (κ3) is 4.68. The molecule has 6 heteroatoms. The first kappa shape index (κ1) is 21.3. The van der Waals surface area contributed by atoms with Gasteiger partial charge in [0.2, 0.25) is 0 Å². The Labute approximate surface area is 185 Å². The lowest BCUT2D eigenvalue weighted by Gasteiger charge is -2.44. The molecule has 0 bridgehead atoms. The zero-order chi connectivity index (χ0) is 21.1. The van der Waals surface area contributed by atoms with E-state index in [-0.39, 0.29) is 17.8 Å². The first-order valence-corrected chi connectivity index (χ1v) is 10.7. The molecule has 1 heterocycles. The Morgan fingerprint density at radius 1 is 0.767 bits per heavy atom. The van der Waals surface area contributed by atoms with Crippen molar-refractivity contribution < 1.29 is 8.78 Å². The van der Waals surface area contributed by atoms with Crippen LogP contribution in [-0.4, -0.2) is 22.9 Å². The summed E-state index contributed by atoms with van der Waals surface area (Å²) in [5.41, 5.74) is 2.44. The molecular weight excluding hydrogens is 425 g/mol. The summed E-state index contributed by atoms with van der Waals surface area (Å²) in [6.07, 6.45) is 0.705. The van der Waals surface area contributed by atoms with Crippen LogP contribution in [0.4, 0.5) is 8.78 Å². The Balaban J connectivity index is 1.71. The zero-order valence-electron chi connectivity index (χ0n) is 16.4. The van der Waals surface area contributed by atoms with Gasteiger partial charge in [-0.25, -0.2) is 8.78 Å². The fraction of sp³-hybridized carbons (Fsp3) is 0.250. The number of hydrogen-bond donors (Lipinski definition) is 0. The lowest BCUT2D eigenvalue weighted by atomic mass is 10.0. The normalized spacial score (nSPS) is 17.9. The number of rotatable bonds is 5. The van der Waals surface area contributed by atoms with Crippen LogP contribution in [0.1, 0.15) is 29.3 Å². The maximum absolute atomic E-state index is 14.4. The zero-order valence-corrected chi connectivity index (χ0v) is 17.9. The number of nitrogens with zero attached hydrogens (tertiary/aromatic N) is 2. The summed E-state index contributed by atoms with van der Waals surface area (Å²) >= 11 is 12.9. The summed E-state index contributed by atoms with van der Waals surface area (Å²) in [6.45, 7) is 2.67. The van der Waals surface area contributed by atoms with Crippen LogP contribution in [0.25, 0.3) is 0 Å². The van der Waals surface area contributed by atoms with Crippen molar-refractivity contribution in [2.75, 3.05) is 13.1 Å². The van der Waals surface area contributed by atoms with Crippen molar-refractivity contribution in [3.8, 4) is 0 Å². The first-order valence-electron chi connectivity index (χ1n) is 9.93. The quantitative estimate of drug-likeness (QED) is 0.431. The van der Waals surface area contributed by atoms with Gasteiger partial charge in [-0.15, -0.1) is 0 Å². The van der Waals surface area contributed by atoms with Gasteiger partial charge in [0.25, 0.3) is 0 Å².